The van der Waals surface area contributed by atoms with Crippen LogP contribution in [0.15, 0.2) is 180 Å². The summed E-state index contributed by atoms with van der Waals surface area (Å²) in [5, 5.41) is 15.4. The summed E-state index contributed by atoms with van der Waals surface area (Å²) in [6.45, 7) is 4.53. The van der Waals surface area contributed by atoms with Gasteiger partial charge in [-0.25, -0.2) is 0 Å². The predicted octanol–water partition coefficient (Wildman–Crippen LogP) is 14.0. The van der Waals surface area contributed by atoms with E-state index in [4.69, 9.17) is 9.52 Å². The quantitative estimate of drug-likeness (QED) is 0.170. The summed E-state index contributed by atoms with van der Waals surface area (Å²) in [5.74, 6) is 0. The average Bonchev–Trinajstić information content (AvgIpc) is 3.85. The van der Waals surface area contributed by atoms with Crippen LogP contribution in [0, 0.1) is 13.8 Å². The Morgan fingerprint density at radius 2 is 1.10 bits per heavy atom. The van der Waals surface area contributed by atoms with Gasteiger partial charge in [-0.2, -0.15) is 0 Å². The Morgan fingerprint density at radius 1 is 0.466 bits per heavy atom. The minimum Gasteiger partial charge on any atom is -0.456 e. The summed E-state index contributed by atoms with van der Waals surface area (Å²) in [5.41, 5.74) is 22.6. The van der Waals surface area contributed by atoms with Gasteiger partial charge in [0.05, 0.1) is 11.9 Å². The molecule has 4 heteroatoms. The van der Waals surface area contributed by atoms with Gasteiger partial charge in [0.15, 0.2) is 0 Å². The third kappa shape index (κ3) is 5.33. The van der Waals surface area contributed by atoms with Crippen LogP contribution in [0.3, 0.4) is 0 Å². The number of aromatic nitrogens is 3. The normalized spacial score (nSPS) is 11.9. The molecule has 0 bridgehead atoms. The van der Waals surface area contributed by atoms with Crippen molar-refractivity contribution in [3.63, 3.8) is 0 Å². The Balaban J connectivity index is 1.33. The highest BCUT2D eigenvalue weighted by molar-refractivity contribution is 6.19. The van der Waals surface area contributed by atoms with E-state index in [0.717, 1.165) is 84.1 Å². The molecular formula is C54H37N3O. The fourth-order valence-electron chi connectivity index (χ4n) is 9.35. The van der Waals surface area contributed by atoms with E-state index in [2.05, 4.69) is 182 Å². The number of nitrogens with zero attached hydrogens (tertiary/aromatic N) is 3. The van der Waals surface area contributed by atoms with Crippen LogP contribution in [0.2, 0.25) is 0 Å². The largest absolute Gasteiger partial charge is 0.456 e. The molecule has 0 N–H and O–H groups in total. The molecule has 4 nitrogen and oxygen atoms in total. The van der Waals surface area contributed by atoms with E-state index in [0.29, 0.717) is 0 Å². The summed E-state index contributed by atoms with van der Waals surface area (Å²) in [6, 6.07) is 60.8. The van der Waals surface area contributed by atoms with E-state index in [1.807, 2.05) is 12.1 Å². The molecule has 2 heterocycles. The summed E-state index contributed by atoms with van der Waals surface area (Å²) in [6.07, 6.45) is 2.62. The van der Waals surface area contributed by atoms with Crippen LogP contribution in [0.4, 0.5) is 0 Å². The van der Waals surface area contributed by atoms with E-state index in [9.17, 15) is 0 Å². The Kier molecular flexibility index (Phi) is 7.97. The molecule has 0 radical (unpaired) electrons. The molecule has 274 valence electrons. The molecule has 0 saturated carbocycles. The van der Waals surface area contributed by atoms with Crippen molar-refractivity contribution in [1.82, 2.24) is 15.4 Å². The van der Waals surface area contributed by atoms with Crippen molar-refractivity contribution >= 4 is 21.9 Å². The summed E-state index contributed by atoms with van der Waals surface area (Å²) in [4.78, 5) is 0. The smallest absolute Gasteiger partial charge is 0.136 e. The van der Waals surface area contributed by atoms with Gasteiger partial charge >= 0.3 is 0 Å². The van der Waals surface area contributed by atoms with Crippen LogP contribution in [0.5, 0.6) is 0 Å². The van der Waals surface area contributed by atoms with Crippen molar-refractivity contribution in [3.8, 4) is 78.0 Å². The van der Waals surface area contributed by atoms with Gasteiger partial charge in [0, 0.05) is 27.5 Å². The molecule has 0 saturated heterocycles. The summed E-state index contributed by atoms with van der Waals surface area (Å²) in [7, 11) is 0. The minimum absolute atomic E-state index is 0.745. The molecule has 0 aliphatic heterocycles. The Morgan fingerprint density at radius 3 is 1.88 bits per heavy atom. The maximum atomic E-state index is 6.70. The van der Waals surface area contributed by atoms with E-state index in [1.165, 1.54) is 44.5 Å². The third-order valence-corrected chi connectivity index (χ3v) is 12.0. The minimum atomic E-state index is 0.745. The van der Waals surface area contributed by atoms with Gasteiger partial charge in [-0.15, -0.1) is 10.2 Å². The van der Waals surface area contributed by atoms with E-state index in [-0.39, 0.29) is 0 Å². The zero-order chi connectivity index (χ0) is 38.7. The SMILES string of the molecule is Cc1cc2c(c(-c3ccc4oc5ccccc5c4c3-c3ccc(-c4ccccc4)c(-c4ccccc4-c4ccccc4)c3-c3ccnnn3)c1C)Cc1ccccc1-2. The van der Waals surface area contributed by atoms with Crippen molar-refractivity contribution in [2.75, 3.05) is 0 Å². The molecule has 0 spiro atoms. The molecule has 58 heavy (non-hydrogen) atoms. The zero-order valence-electron chi connectivity index (χ0n) is 32.2. The fraction of sp³-hybridized carbons (Fsp3) is 0.0556. The van der Waals surface area contributed by atoms with Crippen molar-refractivity contribution in [3.05, 3.63) is 198 Å². The van der Waals surface area contributed by atoms with E-state index < -0.39 is 0 Å². The number of hydrogen-bond donors (Lipinski definition) is 0. The van der Waals surface area contributed by atoms with Crippen LogP contribution in [-0.2, 0) is 6.42 Å². The maximum Gasteiger partial charge on any atom is 0.136 e. The average molecular weight is 744 g/mol. The van der Waals surface area contributed by atoms with Crippen molar-refractivity contribution in [2.24, 2.45) is 0 Å². The number of rotatable bonds is 6. The lowest BCUT2D eigenvalue weighted by Crippen LogP contribution is -2.01. The highest BCUT2D eigenvalue weighted by Crippen LogP contribution is 2.54. The highest BCUT2D eigenvalue weighted by atomic mass is 16.3. The fourth-order valence-corrected chi connectivity index (χ4v) is 9.35. The molecule has 8 aromatic carbocycles. The molecule has 0 amide bonds. The van der Waals surface area contributed by atoms with Crippen LogP contribution in [0.1, 0.15) is 22.3 Å². The first kappa shape index (κ1) is 33.9. The number of aryl methyl sites for hydroxylation is 1. The van der Waals surface area contributed by atoms with Crippen molar-refractivity contribution in [2.45, 2.75) is 20.3 Å². The lowest BCUT2D eigenvalue weighted by molar-refractivity contribution is 0.669. The second-order valence-electron chi connectivity index (χ2n) is 15.2. The van der Waals surface area contributed by atoms with Gasteiger partial charge in [0.1, 0.15) is 11.2 Å². The van der Waals surface area contributed by atoms with Crippen LogP contribution >= 0.6 is 0 Å². The Bertz CT molecular complexity index is 3200. The van der Waals surface area contributed by atoms with E-state index >= 15 is 0 Å². The van der Waals surface area contributed by atoms with Crippen LogP contribution in [-0.4, -0.2) is 15.4 Å². The second kappa shape index (κ2) is 13.6. The van der Waals surface area contributed by atoms with Crippen molar-refractivity contribution in [1.29, 1.82) is 0 Å². The third-order valence-electron chi connectivity index (χ3n) is 12.0. The molecule has 0 fully saturated rings. The first-order chi connectivity index (χ1) is 28.6. The molecule has 0 unspecified atom stereocenters. The second-order valence-corrected chi connectivity index (χ2v) is 15.2. The van der Waals surface area contributed by atoms with Gasteiger partial charge in [-0.3, -0.25) is 0 Å². The number of benzene rings is 8. The lowest BCUT2D eigenvalue weighted by atomic mass is 9.78. The summed E-state index contributed by atoms with van der Waals surface area (Å²) < 4.78 is 6.70. The lowest BCUT2D eigenvalue weighted by Gasteiger charge is -2.24. The van der Waals surface area contributed by atoms with Crippen molar-refractivity contribution < 1.29 is 4.42 Å². The van der Waals surface area contributed by atoms with Gasteiger partial charge in [-0.1, -0.05) is 146 Å². The zero-order valence-corrected chi connectivity index (χ0v) is 32.2. The van der Waals surface area contributed by atoms with Crippen LogP contribution < -0.4 is 0 Å². The molecular weight excluding hydrogens is 707 g/mol. The number of furan rings is 1. The maximum absolute atomic E-state index is 6.70. The van der Waals surface area contributed by atoms with Gasteiger partial charge in [0.25, 0.3) is 0 Å². The molecule has 1 aliphatic carbocycles. The molecule has 10 aromatic rings. The topological polar surface area (TPSA) is 51.8 Å². The first-order valence-electron chi connectivity index (χ1n) is 19.8. The molecule has 1 aliphatic rings. The Labute approximate surface area is 337 Å². The van der Waals surface area contributed by atoms with Gasteiger partial charge < -0.3 is 4.42 Å². The Hall–Kier alpha value is -7.43. The molecule has 0 atom stereocenters. The molecule has 2 aromatic heterocycles. The van der Waals surface area contributed by atoms with E-state index in [1.54, 1.807) is 6.20 Å². The standard InChI is InChI=1S/C54H37N3O/c1-33-31-45-39-21-10-9-19-37(39)32-46(45)50(34(33)2)43-27-28-49-54(42-23-13-14-24-48(42)58-49)52(43)44-26-25-40(36-17-7-4-8-18-36)51(53(44)47-29-30-55-57-56-47)41-22-12-11-20-38(41)35-15-5-3-6-16-35/h3-31H,32H2,1-2H3. The molecule has 11 rings (SSSR count). The monoisotopic (exact) mass is 743 g/mol. The van der Waals surface area contributed by atoms with Gasteiger partial charge in [-0.05, 0) is 128 Å². The number of para-hydroxylation sites is 1. The summed E-state index contributed by atoms with van der Waals surface area (Å²) >= 11 is 0. The van der Waals surface area contributed by atoms with Gasteiger partial charge in [0.2, 0.25) is 0 Å². The first-order valence-corrected chi connectivity index (χ1v) is 19.8. The number of hydrogen-bond acceptors (Lipinski definition) is 4. The number of fused-ring (bicyclic) bond motifs is 6. The highest BCUT2D eigenvalue weighted by Gasteiger charge is 2.30. The van der Waals surface area contributed by atoms with Crippen LogP contribution in [0.25, 0.3) is 100.0 Å². The predicted molar refractivity (Wildman–Crippen MR) is 237 cm³/mol.